The fraction of sp³-hybridized carbons (Fsp3) is 0.333. The summed E-state index contributed by atoms with van der Waals surface area (Å²) in [6.45, 7) is 4.09. The van der Waals surface area contributed by atoms with Gasteiger partial charge in [0.25, 0.3) is 0 Å². The van der Waals surface area contributed by atoms with E-state index in [1.54, 1.807) is 7.11 Å². The Morgan fingerprint density at radius 1 is 0.850 bits per heavy atom. The van der Waals surface area contributed by atoms with Gasteiger partial charge in [-0.25, -0.2) is 0 Å². The Morgan fingerprint density at radius 3 is 2.20 bits per heavy atom. The first-order valence-corrected chi connectivity index (χ1v) is 7.06. The predicted molar refractivity (Wildman–Crippen MR) is 82.6 cm³/mol. The van der Waals surface area contributed by atoms with Gasteiger partial charge >= 0.3 is 0 Å². The van der Waals surface area contributed by atoms with Gasteiger partial charge in [-0.2, -0.15) is 0 Å². The summed E-state index contributed by atoms with van der Waals surface area (Å²) in [5, 5.41) is 0. The summed E-state index contributed by atoms with van der Waals surface area (Å²) < 4.78 is 10.9. The minimum absolute atomic E-state index is 0.215. The third-order valence-electron chi connectivity index (χ3n) is 3.13. The standard InChI is InChI=1S/C18H22O2/c1-14(2)20-18-6-4-5-16(13-18)8-7-15-9-11-17(19-3)12-10-15/h4-6,9-14H,7-8H2,1-3H3. The summed E-state index contributed by atoms with van der Waals surface area (Å²) in [5.74, 6) is 1.85. The van der Waals surface area contributed by atoms with Crippen LogP contribution in [0.4, 0.5) is 0 Å². The lowest BCUT2D eigenvalue weighted by molar-refractivity contribution is 0.242. The highest BCUT2D eigenvalue weighted by molar-refractivity contribution is 5.31. The van der Waals surface area contributed by atoms with Crippen LogP contribution < -0.4 is 9.47 Å². The molecular formula is C18H22O2. The van der Waals surface area contributed by atoms with E-state index in [0.29, 0.717) is 0 Å². The summed E-state index contributed by atoms with van der Waals surface area (Å²) >= 11 is 0. The van der Waals surface area contributed by atoms with Crippen molar-refractivity contribution in [2.45, 2.75) is 32.8 Å². The van der Waals surface area contributed by atoms with E-state index in [0.717, 1.165) is 24.3 Å². The molecule has 2 nitrogen and oxygen atoms in total. The zero-order chi connectivity index (χ0) is 14.4. The molecule has 0 saturated carbocycles. The molecule has 0 aliphatic carbocycles. The third-order valence-corrected chi connectivity index (χ3v) is 3.13. The molecule has 0 bridgehead atoms. The van der Waals surface area contributed by atoms with Gasteiger partial charge in [-0.1, -0.05) is 24.3 Å². The molecule has 0 amide bonds. The second kappa shape index (κ2) is 6.99. The molecule has 2 aromatic rings. The number of hydrogen-bond donors (Lipinski definition) is 0. The van der Waals surface area contributed by atoms with Crippen LogP contribution >= 0.6 is 0 Å². The van der Waals surface area contributed by atoms with Crippen LogP contribution in [-0.2, 0) is 12.8 Å². The Labute approximate surface area is 121 Å². The van der Waals surface area contributed by atoms with Crippen LogP contribution in [0.15, 0.2) is 48.5 Å². The van der Waals surface area contributed by atoms with Gasteiger partial charge in [0.1, 0.15) is 11.5 Å². The topological polar surface area (TPSA) is 18.5 Å². The number of ether oxygens (including phenoxy) is 2. The molecule has 0 unspecified atom stereocenters. The van der Waals surface area contributed by atoms with Gasteiger partial charge in [0, 0.05) is 0 Å². The molecular weight excluding hydrogens is 248 g/mol. The van der Waals surface area contributed by atoms with Crippen molar-refractivity contribution in [3.63, 3.8) is 0 Å². The van der Waals surface area contributed by atoms with Gasteiger partial charge < -0.3 is 9.47 Å². The maximum atomic E-state index is 5.72. The molecule has 20 heavy (non-hydrogen) atoms. The fourth-order valence-corrected chi connectivity index (χ4v) is 2.13. The van der Waals surface area contributed by atoms with E-state index in [4.69, 9.17) is 9.47 Å². The van der Waals surface area contributed by atoms with Gasteiger partial charge in [-0.3, -0.25) is 0 Å². The van der Waals surface area contributed by atoms with E-state index in [-0.39, 0.29) is 6.10 Å². The first-order valence-electron chi connectivity index (χ1n) is 7.06. The van der Waals surface area contributed by atoms with Crippen molar-refractivity contribution in [2.24, 2.45) is 0 Å². The molecule has 0 saturated heterocycles. The summed E-state index contributed by atoms with van der Waals surface area (Å²) in [5.41, 5.74) is 2.62. The van der Waals surface area contributed by atoms with Crippen LogP contribution in [0.5, 0.6) is 11.5 Å². The monoisotopic (exact) mass is 270 g/mol. The van der Waals surface area contributed by atoms with Crippen molar-refractivity contribution in [3.05, 3.63) is 59.7 Å². The quantitative estimate of drug-likeness (QED) is 0.780. The van der Waals surface area contributed by atoms with Crippen molar-refractivity contribution in [2.75, 3.05) is 7.11 Å². The molecule has 0 aliphatic rings. The number of hydrogen-bond acceptors (Lipinski definition) is 2. The Balaban J connectivity index is 1.95. The third kappa shape index (κ3) is 4.30. The maximum absolute atomic E-state index is 5.72. The minimum atomic E-state index is 0.215. The Hall–Kier alpha value is -1.96. The molecule has 0 aliphatic heterocycles. The first-order chi connectivity index (χ1) is 9.67. The van der Waals surface area contributed by atoms with Gasteiger partial charge in [0.05, 0.1) is 13.2 Å². The van der Waals surface area contributed by atoms with Crippen LogP contribution in [0.25, 0.3) is 0 Å². The van der Waals surface area contributed by atoms with Gasteiger partial charge in [-0.15, -0.1) is 0 Å². The van der Waals surface area contributed by atoms with E-state index in [2.05, 4.69) is 30.3 Å². The second-order valence-electron chi connectivity index (χ2n) is 5.16. The lowest BCUT2D eigenvalue weighted by Gasteiger charge is -2.11. The predicted octanol–water partition coefficient (Wildman–Crippen LogP) is 4.27. The van der Waals surface area contributed by atoms with E-state index in [1.165, 1.54) is 11.1 Å². The van der Waals surface area contributed by atoms with Crippen LogP contribution in [0, 0.1) is 0 Å². The lowest BCUT2D eigenvalue weighted by Crippen LogP contribution is -2.05. The number of methoxy groups -OCH3 is 1. The average Bonchev–Trinajstić information content (AvgIpc) is 2.45. The van der Waals surface area contributed by atoms with Gasteiger partial charge in [0.15, 0.2) is 0 Å². The molecule has 0 spiro atoms. The van der Waals surface area contributed by atoms with Crippen molar-refractivity contribution in [1.82, 2.24) is 0 Å². The van der Waals surface area contributed by atoms with Gasteiger partial charge in [-0.05, 0) is 62.1 Å². The van der Waals surface area contributed by atoms with E-state index < -0.39 is 0 Å². The summed E-state index contributed by atoms with van der Waals surface area (Å²) in [6, 6.07) is 16.6. The number of rotatable bonds is 6. The van der Waals surface area contributed by atoms with Gasteiger partial charge in [0.2, 0.25) is 0 Å². The zero-order valence-corrected chi connectivity index (χ0v) is 12.4. The molecule has 106 valence electrons. The van der Waals surface area contributed by atoms with Crippen molar-refractivity contribution < 1.29 is 9.47 Å². The number of benzene rings is 2. The van der Waals surface area contributed by atoms with Crippen LogP contribution in [0.3, 0.4) is 0 Å². The molecule has 0 radical (unpaired) electrons. The summed E-state index contributed by atoms with van der Waals surface area (Å²) in [7, 11) is 1.69. The SMILES string of the molecule is COc1ccc(CCc2cccc(OC(C)C)c2)cc1. The highest BCUT2D eigenvalue weighted by atomic mass is 16.5. The highest BCUT2D eigenvalue weighted by Crippen LogP contribution is 2.17. The maximum Gasteiger partial charge on any atom is 0.119 e. The van der Waals surface area contributed by atoms with Crippen molar-refractivity contribution >= 4 is 0 Å². The largest absolute Gasteiger partial charge is 0.497 e. The Morgan fingerprint density at radius 2 is 1.55 bits per heavy atom. The molecule has 2 aromatic carbocycles. The second-order valence-corrected chi connectivity index (χ2v) is 5.16. The first kappa shape index (κ1) is 14.4. The number of aryl methyl sites for hydroxylation is 2. The van der Waals surface area contributed by atoms with Crippen LogP contribution in [0.2, 0.25) is 0 Å². The summed E-state index contributed by atoms with van der Waals surface area (Å²) in [4.78, 5) is 0. The minimum Gasteiger partial charge on any atom is -0.497 e. The molecule has 0 heterocycles. The lowest BCUT2D eigenvalue weighted by atomic mass is 10.0. The van der Waals surface area contributed by atoms with Crippen LogP contribution in [-0.4, -0.2) is 13.2 Å². The Bertz CT molecular complexity index is 529. The van der Waals surface area contributed by atoms with E-state index in [9.17, 15) is 0 Å². The van der Waals surface area contributed by atoms with E-state index >= 15 is 0 Å². The fourth-order valence-electron chi connectivity index (χ4n) is 2.13. The van der Waals surface area contributed by atoms with Crippen molar-refractivity contribution in [1.29, 1.82) is 0 Å². The molecule has 2 rings (SSSR count). The molecule has 0 aromatic heterocycles. The zero-order valence-electron chi connectivity index (χ0n) is 12.4. The normalized spacial score (nSPS) is 10.6. The Kier molecular flexibility index (Phi) is 5.05. The molecule has 0 atom stereocenters. The highest BCUT2D eigenvalue weighted by Gasteiger charge is 2.01. The molecule has 2 heteroatoms. The van der Waals surface area contributed by atoms with E-state index in [1.807, 2.05) is 32.0 Å². The summed E-state index contributed by atoms with van der Waals surface area (Å²) in [6.07, 6.45) is 2.25. The molecule has 0 N–H and O–H groups in total. The van der Waals surface area contributed by atoms with Crippen molar-refractivity contribution in [3.8, 4) is 11.5 Å². The molecule has 0 fully saturated rings. The van der Waals surface area contributed by atoms with Crippen LogP contribution in [0.1, 0.15) is 25.0 Å². The smallest absolute Gasteiger partial charge is 0.119 e. The average molecular weight is 270 g/mol.